The predicted molar refractivity (Wildman–Crippen MR) is 88.2 cm³/mol. The number of carbonyl (C=O) groups is 3. The zero-order valence-electron chi connectivity index (χ0n) is 12.9. The lowest BCUT2D eigenvalue weighted by Crippen LogP contribution is -2.11. The van der Waals surface area contributed by atoms with E-state index in [4.69, 9.17) is 4.74 Å². The van der Waals surface area contributed by atoms with Crippen LogP contribution in [0.4, 0.5) is 0 Å². The number of hydrogen-bond donors (Lipinski definition) is 0. The second kappa shape index (κ2) is 7.74. The third-order valence-electron chi connectivity index (χ3n) is 3.02. The smallest absolute Gasteiger partial charge is 0.343 e. The lowest BCUT2D eigenvalue weighted by Gasteiger charge is -2.09. The number of esters is 3. The first-order chi connectivity index (χ1) is 11.4. The van der Waals surface area contributed by atoms with Gasteiger partial charge in [-0.05, 0) is 36.4 Å². The van der Waals surface area contributed by atoms with Crippen molar-refractivity contribution in [2.24, 2.45) is 0 Å². The minimum Gasteiger partial charge on any atom is -0.465 e. The Labute approximate surface area is 146 Å². The molecule has 0 amide bonds. The molecule has 6 nitrogen and oxygen atoms in total. The maximum absolute atomic E-state index is 12.2. The number of hydrogen-bond acceptors (Lipinski definition) is 6. The first kappa shape index (κ1) is 17.7. The topological polar surface area (TPSA) is 78.9 Å². The second-order valence-electron chi connectivity index (χ2n) is 4.63. The molecule has 2 aromatic carbocycles. The summed E-state index contributed by atoms with van der Waals surface area (Å²) in [6.45, 7) is 0. The molecule has 0 aliphatic heterocycles. The molecule has 2 rings (SSSR count). The fourth-order valence-electron chi connectivity index (χ4n) is 1.91. The third-order valence-corrected chi connectivity index (χ3v) is 3.51. The van der Waals surface area contributed by atoms with Crippen molar-refractivity contribution in [2.45, 2.75) is 0 Å². The van der Waals surface area contributed by atoms with E-state index in [-0.39, 0.29) is 16.9 Å². The molecule has 0 bridgehead atoms. The van der Waals surface area contributed by atoms with Gasteiger partial charge in [0.05, 0.1) is 30.9 Å². The highest BCUT2D eigenvalue weighted by atomic mass is 79.9. The van der Waals surface area contributed by atoms with Crippen LogP contribution in [0, 0.1) is 0 Å². The van der Waals surface area contributed by atoms with E-state index in [9.17, 15) is 14.4 Å². The largest absolute Gasteiger partial charge is 0.465 e. The van der Waals surface area contributed by atoms with Crippen LogP contribution in [-0.2, 0) is 9.47 Å². The third kappa shape index (κ3) is 4.20. The molecule has 0 unspecified atom stereocenters. The van der Waals surface area contributed by atoms with Gasteiger partial charge in [-0.1, -0.05) is 22.0 Å². The number of carbonyl (C=O) groups excluding carboxylic acids is 3. The Hall–Kier alpha value is -2.67. The lowest BCUT2D eigenvalue weighted by molar-refractivity contribution is 0.0593. The monoisotopic (exact) mass is 392 g/mol. The van der Waals surface area contributed by atoms with Crippen molar-refractivity contribution in [3.05, 3.63) is 63.6 Å². The van der Waals surface area contributed by atoms with Crippen LogP contribution < -0.4 is 4.74 Å². The van der Waals surface area contributed by atoms with Crippen molar-refractivity contribution in [3.8, 4) is 5.75 Å². The lowest BCUT2D eigenvalue weighted by atomic mass is 10.1. The summed E-state index contributed by atoms with van der Waals surface area (Å²) in [4.78, 5) is 35.6. The van der Waals surface area contributed by atoms with Crippen LogP contribution in [0.3, 0.4) is 0 Å². The SMILES string of the molecule is COC(=O)c1cc(OC(=O)c2cccc(Br)c2)cc(C(=O)OC)c1. The van der Waals surface area contributed by atoms with Crippen molar-refractivity contribution >= 4 is 33.8 Å². The maximum atomic E-state index is 12.2. The minimum atomic E-state index is -0.666. The average Bonchev–Trinajstić information content (AvgIpc) is 2.59. The average molecular weight is 393 g/mol. The summed E-state index contributed by atoms with van der Waals surface area (Å²) in [5.41, 5.74) is 0.447. The first-order valence-electron chi connectivity index (χ1n) is 6.74. The summed E-state index contributed by atoms with van der Waals surface area (Å²) >= 11 is 3.27. The quantitative estimate of drug-likeness (QED) is 0.586. The van der Waals surface area contributed by atoms with Gasteiger partial charge in [-0.15, -0.1) is 0 Å². The van der Waals surface area contributed by atoms with Gasteiger partial charge in [0.25, 0.3) is 0 Å². The molecule has 2 aromatic rings. The van der Waals surface area contributed by atoms with E-state index in [1.54, 1.807) is 24.3 Å². The molecule has 0 N–H and O–H groups in total. The van der Waals surface area contributed by atoms with Crippen LogP contribution in [0.25, 0.3) is 0 Å². The predicted octanol–water partition coefficient (Wildman–Crippen LogP) is 3.24. The van der Waals surface area contributed by atoms with Crippen LogP contribution in [0.5, 0.6) is 5.75 Å². The van der Waals surface area contributed by atoms with Gasteiger partial charge in [0.15, 0.2) is 0 Å². The number of ether oxygens (including phenoxy) is 3. The zero-order chi connectivity index (χ0) is 17.7. The highest BCUT2D eigenvalue weighted by Crippen LogP contribution is 2.21. The number of benzene rings is 2. The Kier molecular flexibility index (Phi) is 5.70. The zero-order valence-corrected chi connectivity index (χ0v) is 14.5. The van der Waals surface area contributed by atoms with Gasteiger partial charge in [0, 0.05) is 4.47 Å². The molecule has 0 atom stereocenters. The van der Waals surface area contributed by atoms with Gasteiger partial charge >= 0.3 is 17.9 Å². The summed E-state index contributed by atoms with van der Waals surface area (Å²) in [7, 11) is 2.42. The summed E-state index contributed by atoms with van der Waals surface area (Å²) in [5, 5.41) is 0. The van der Waals surface area contributed by atoms with Gasteiger partial charge in [-0.25, -0.2) is 14.4 Å². The Balaban J connectivity index is 2.36. The molecule has 124 valence electrons. The van der Waals surface area contributed by atoms with E-state index >= 15 is 0 Å². The van der Waals surface area contributed by atoms with E-state index < -0.39 is 17.9 Å². The van der Waals surface area contributed by atoms with Gasteiger partial charge in [0.1, 0.15) is 5.75 Å². The molecule has 0 aliphatic rings. The minimum absolute atomic E-state index is 0.0308. The molecule has 0 saturated carbocycles. The van der Waals surface area contributed by atoms with Crippen molar-refractivity contribution in [1.29, 1.82) is 0 Å². The molecule has 0 heterocycles. The highest BCUT2D eigenvalue weighted by molar-refractivity contribution is 9.10. The van der Waals surface area contributed by atoms with Gasteiger partial charge in [-0.3, -0.25) is 0 Å². The molecule has 0 radical (unpaired) electrons. The number of methoxy groups -OCH3 is 2. The molecule has 0 fully saturated rings. The Morgan fingerprint density at radius 1 is 0.792 bits per heavy atom. The molecule has 0 spiro atoms. The summed E-state index contributed by atoms with van der Waals surface area (Å²) in [6, 6.07) is 10.6. The maximum Gasteiger partial charge on any atom is 0.343 e. The van der Waals surface area contributed by atoms with Gasteiger partial charge in [0.2, 0.25) is 0 Å². The van der Waals surface area contributed by atoms with E-state index in [1.807, 2.05) is 0 Å². The van der Waals surface area contributed by atoms with Gasteiger partial charge in [-0.2, -0.15) is 0 Å². The van der Waals surface area contributed by atoms with Crippen molar-refractivity contribution in [1.82, 2.24) is 0 Å². The van der Waals surface area contributed by atoms with Crippen LogP contribution in [0.2, 0.25) is 0 Å². The van der Waals surface area contributed by atoms with Crippen molar-refractivity contribution in [2.75, 3.05) is 14.2 Å². The normalized spacial score (nSPS) is 9.96. The van der Waals surface area contributed by atoms with E-state index in [1.165, 1.54) is 32.4 Å². The Bertz CT molecular complexity index is 765. The first-order valence-corrected chi connectivity index (χ1v) is 7.53. The highest BCUT2D eigenvalue weighted by Gasteiger charge is 2.17. The molecule has 24 heavy (non-hydrogen) atoms. The molecular formula is C17H13BrO6. The summed E-state index contributed by atoms with van der Waals surface area (Å²) in [6.07, 6.45) is 0. The molecular weight excluding hydrogens is 380 g/mol. The van der Waals surface area contributed by atoms with E-state index in [0.29, 0.717) is 5.56 Å². The Morgan fingerprint density at radius 3 is 1.88 bits per heavy atom. The van der Waals surface area contributed by atoms with Crippen LogP contribution in [-0.4, -0.2) is 32.1 Å². The fourth-order valence-corrected chi connectivity index (χ4v) is 2.31. The van der Waals surface area contributed by atoms with Crippen LogP contribution in [0.15, 0.2) is 46.9 Å². The number of rotatable bonds is 4. The fraction of sp³-hybridized carbons (Fsp3) is 0.118. The van der Waals surface area contributed by atoms with E-state index in [0.717, 1.165) is 4.47 Å². The van der Waals surface area contributed by atoms with Crippen molar-refractivity contribution < 1.29 is 28.6 Å². The van der Waals surface area contributed by atoms with Gasteiger partial charge < -0.3 is 14.2 Å². The molecule has 7 heteroatoms. The van der Waals surface area contributed by atoms with Crippen LogP contribution >= 0.6 is 15.9 Å². The van der Waals surface area contributed by atoms with Crippen molar-refractivity contribution in [3.63, 3.8) is 0 Å². The standard InChI is InChI=1S/C17H13BrO6/c1-22-15(19)11-6-12(16(20)23-2)9-14(8-11)24-17(21)10-4-3-5-13(18)7-10/h3-9H,1-2H3. The Morgan fingerprint density at radius 2 is 1.38 bits per heavy atom. The molecule has 0 aliphatic carbocycles. The number of halogens is 1. The molecule has 0 saturated heterocycles. The summed E-state index contributed by atoms with van der Waals surface area (Å²) in [5.74, 6) is -1.93. The van der Waals surface area contributed by atoms with Crippen LogP contribution in [0.1, 0.15) is 31.1 Å². The summed E-state index contributed by atoms with van der Waals surface area (Å²) < 4.78 is 15.2. The second-order valence-corrected chi connectivity index (χ2v) is 5.54. The van der Waals surface area contributed by atoms with E-state index in [2.05, 4.69) is 25.4 Å². The molecule has 0 aromatic heterocycles.